The molecule has 4 rings (SSSR count). The molecule has 1 aliphatic rings. The van der Waals surface area contributed by atoms with Crippen LogP contribution in [0.5, 0.6) is 0 Å². The van der Waals surface area contributed by atoms with E-state index in [4.69, 9.17) is 0 Å². The second kappa shape index (κ2) is 10.5. The second-order valence-corrected chi connectivity index (χ2v) is 10.2. The molecule has 0 radical (unpaired) electrons. The van der Waals surface area contributed by atoms with E-state index in [0.717, 1.165) is 56.2 Å². The van der Waals surface area contributed by atoms with Gasteiger partial charge in [-0.15, -0.1) is 11.3 Å². The first kappa shape index (κ1) is 23.5. The number of hydrogen-bond donors (Lipinski definition) is 1. The van der Waals surface area contributed by atoms with Gasteiger partial charge in [0.2, 0.25) is 5.91 Å². The topological polar surface area (TPSA) is 73.1 Å². The zero-order chi connectivity index (χ0) is 23.4. The van der Waals surface area contributed by atoms with Gasteiger partial charge in [0.15, 0.2) is 0 Å². The summed E-state index contributed by atoms with van der Waals surface area (Å²) in [4.78, 5) is 39.0. The Morgan fingerprint density at radius 2 is 1.91 bits per heavy atom. The molecule has 1 saturated carbocycles. The van der Waals surface area contributed by atoms with E-state index in [0.29, 0.717) is 23.3 Å². The Hall–Kier alpha value is -2.67. The van der Waals surface area contributed by atoms with Crippen LogP contribution in [0.1, 0.15) is 56.6 Å². The lowest BCUT2D eigenvalue weighted by atomic mass is 9.81. The van der Waals surface area contributed by atoms with Gasteiger partial charge in [-0.2, -0.15) is 0 Å². The first-order chi connectivity index (χ1) is 16.0. The van der Waals surface area contributed by atoms with E-state index in [1.165, 1.54) is 15.9 Å². The number of hydrogen-bond acceptors (Lipinski definition) is 4. The molecule has 1 aromatic carbocycles. The number of carbonyl (C=O) groups is 1. The van der Waals surface area contributed by atoms with E-state index in [9.17, 15) is 14.4 Å². The summed E-state index contributed by atoms with van der Waals surface area (Å²) in [7, 11) is 0. The molecular formula is C26H33N3O3S. The maximum Gasteiger partial charge on any atom is 0.331 e. The third-order valence-corrected chi connectivity index (χ3v) is 7.64. The predicted molar refractivity (Wildman–Crippen MR) is 134 cm³/mol. The average Bonchev–Trinajstić information content (AvgIpc) is 3.30. The molecule has 3 aromatic rings. The summed E-state index contributed by atoms with van der Waals surface area (Å²) in [6, 6.07) is 9.99. The highest BCUT2D eigenvalue weighted by atomic mass is 32.1. The van der Waals surface area contributed by atoms with Gasteiger partial charge >= 0.3 is 5.69 Å². The summed E-state index contributed by atoms with van der Waals surface area (Å²) in [6.07, 6.45) is 5.42. The van der Waals surface area contributed by atoms with Gasteiger partial charge < -0.3 is 5.32 Å². The first-order valence-electron chi connectivity index (χ1n) is 12.0. The van der Waals surface area contributed by atoms with Gasteiger partial charge in [0.25, 0.3) is 5.56 Å². The number of carbonyl (C=O) groups excluding carboxylic acids is 1. The zero-order valence-corrected chi connectivity index (χ0v) is 20.3. The number of aromatic nitrogens is 2. The van der Waals surface area contributed by atoms with Gasteiger partial charge in [0.1, 0.15) is 4.70 Å². The Labute approximate surface area is 198 Å². The number of thiophene rings is 1. The Bertz CT molecular complexity index is 1230. The van der Waals surface area contributed by atoms with Crippen molar-refractivity contribution in [2.45, 2.75) is 65.5 Å². The van der Waals surface area contributed by atoms with E-state index in [2.05, 4.69) is 18.3 Å². The molecule has 0 atom stereocenters. The number of benzene rings is 1. The van der Waals surface area contributed by atoms with Crippen LogP contribution in [0.3, 0.4) is 0 Å². The lowest BCUT2D eigenvalue weighted by molar-refractivity contribution is -0.126. The first-order valence-corrected chi connectivity index (χ1v) is 12.9. The largest absolute Gasteiger partial charge is 0.356 e. The van der Waals surface area contributed by atoms with Crippen molar-refractivity contribution >= 4 is 27.5 Å². The third-order valence-electron chi connectivity index (χ3n) is 6.75. The van der Waals surface area contributed by atoms with Crippen LogP contribution in [-0.2, 0) is 17.9 Å². The molecule has 0 saturated heterocycles. The standard InChI is InChI=1S/C26H33N3O3S/c1-3-4-13-27-24(30)21-10-8-19(9-11-21)16-29-25(31)23-22(12-14-33-23)28(26(29)32)17-20-7-5-6-18(2)15-20/h5-7,12,14-15,19,21H,3-4,8-11,13,16-17H2,1-2H3,(H,27,30). The number of fused-ring (bicyclic) bond motifs is 1. The molecule has 6 nitrogen and oxygen atoms in total. The number of unbranched alkanes of at least 4 members (excludes halogenated alkanes) is 1. The zero-order valence-electron chi connectivity index (χ0n) is 19.5. The van der Waals surface area contributed by atoms with Crippen molar-refractivity contribution in [3.05, 3.63) is 67.7 Å². The van der Waals surface area contributed by atoms with Crippen LogP contribution in [0.4, 0.5) is 0 Å². The molecule has 1 aliphatic carbocycles. The van der Waals surface area contributed by atoms with Crippen molar-refractivity contribution in [3.8, 4) is 0 Å². The van der Waals surface area contributed by atoms with E-state index >= 15 is 0 Å². The monoisotopic (exact) mass is 467 g/mol. The molecule has 0 spiro atoms. The highest BCUT2D eigenvalue weighted by Crippen LogP contribution is 2.30. The van der Waals surface area contributed by atoms with Crippen LogP contribution in [0, 0.1) is 18.8 Å². The van der Waals surface area contributed by atoms with Crippen LogP contribution >= 0.6 is 11.3 Å². The fourth-order valence-electron chi connectivity index (χ4n) is 4.84. The van der Waals surface area contributed by atoms with E-state index in [-0.39, 0.29) is 29.0 Å². The number of aryl methyl sites for hydroxylation is 1. The quantitative estimate of drug-likeness (QED) is 0.502. The van der Waals surface area contributed by atoms with Gasteiger partial charge in [0, 0.05) is 19.0 Å². The summed E-state index contributed by atoms with van der Waals surface area (Å²) < 4.78 is 3.79. The minimum Gasteiger partial charge on any atom is -0.356 e. The Morgan fingerprint density at radius 3 is 2.64 bits per heavy atom. The van der Waals surface area contributed by atoms with Crippen LogP contribution in [0.25, 0.3) is 10.2 Å². The lowest BCUT2D eigenvalue weighted by Crippen LogP contribution is -2.42. The van der Waals surface area contributed by atoms with Gasteiger partial charge in [-0.1, -0.05) is 43.2 Å². The highest BCUT2D eigenvalue weighted by Gasteiger charge is 2.27. The molecule has 0 aliphatic heterocycles. The van der Waals surface area contributed by atoms with Crippen LogP contribution in [0.15, 0.2) is 45.3 Å². The number of rotatable bonds is 8. The highest BCUT2D eigenvalue weighted by molar-refractivity contribution is 7.17. The van der Waals surface area contributed by atoms with Crippen molar-refractivity contribution in [1.29, 1.82) is 0 Å². The number of nitrogens with zero attached hydrogens (tertiary/aromatic N) is 2. The summed E-state index contributed by atoms with van der Waals surface area (Å²) in [5.74, 6) is 0.437. The number of amides is 1. The molecule has 1 N–H and O–H groups in total. The fourth-order valence-corrected chi connectivity index (χ4v) is 5.68. The minimum absolute atomic E-state index is 0.0487. The minimum atomic E-state index is -0.244. The molecule has 7 heteroatoms. The number of nitrogens with one attached hydrogen (secondary N) is 1. The Kier molecular flexibility index (Phi) is 7.48. The summed E-state index contributed by atoms with van der Waals surface area (Å²) in [5, 5.41) is 4.92. The lowest BCUT2D eigenvalue weighted by Gasteiger charge is -2.28. The molecule has 0 unspecified atom stereocenters. The van der Waals surface area contributed by atoms with Crippen LogP contribution < -0.4 is 16.6 Å². The smallest absolute Gasteiger partial charge is 0.331 e. The summed E-state index contributed by atoms with van der Waals surface area (Å²) >= 11 is 1.39. The van der Waals surface area contributed by atoms with Crippen molar-refractivity contribution in [2.24, 2.45) is 11.8 Å². The summed E-state index contributed by atoms with van der Waals surface area (Å²) in [5.41, 5.74) is 2.47. The Balaban J connectivity index is 1.52. The maximum atomic E-state index is 13.5. The Morgan fingerprint density at radius 1 is 1.12 bits per heavy atom. The molecule has 0 bridgehead atoms. The van der Waals surface area contributed by atoms with Crippen molar-refractivity contribution in [1.82, 2.24) is 14.5 Å². The van der Waals surface area contributed by atoms with E-state index < -0.39 is 0 Å². The van der Waals surface area contributed by atoms with E-state index in [1.54, 1.807) is 4.57 Å². The van der Waals surface area contributed by atoms with Gasteiger partial charge in [-0.25, -0.2) is 4.79 Å². The summed E-state index contributed by atoms with van der Waals surface area (Å²) in [6.45, 7) is 5.75. The van der Waals surface area contributed by atoms with Gasteiger partial charge in [-0.05, 0) is 62.0 Å². The van der Waals surface area contributed by atoms with Crippen LogP contribution in [0.2, 0.25) is 0 Å². The molecule has 2 aromatic heterocycles. The van der Waals surface area contributed by atoms with Gasteiger partial charge in [-0.3, -0.25) is 18.7 Å². The van der Waals surface area contributed by atoms with Crippen molar-refractivity contribution in [3.63, 3.8) is 0 Å². The van der Waals surface area contributed by atoms with Gasteiger partial charge in [0.05, 0.1) is 12.1 Å². The molecule has 2 heterocycles. The molecule has 1 fully saturated rings. The van der Waals surface area contributed by atoms with Crippen molar-refractivity contribution in [2.75, 3.05) is 6.54 Å². The third kappa shape index (κ3) is 5.29. The normalized spacial score (nSPS) is 18.5. The van der Waals surface area contributed by atoms with Crippen molar-refractivity contribution < 1.29 is 4.79 Å². The molecule has 33 heavy (non-hydrogen) atoms. The SMILES string of the molecule is CCCCNC(=O)C1CCC(Cn2c(=O)c3sccc3n(Cc3cccc(C)c3)c2=O)CC1. The average molecular weight is 468 g/mol. The fraction of sp³-hybridized carbons (Fsp3) is 0.500. The molecular weight excluding hydrogens is 434 g/mol. The van der Waals surface area contributed by atoms with Crippen LogP contribution in [-0.4, -0.2) is 21.6 Å². The molecule has 1 amide bonds. The predicted octanol–water partition coefficient (Wildman–Crippen LogP) is 4.30. The molecule has 176 valence electrons. The maximum absolute atomic E-state index is 13.5. The second-order valence-electron chi connectivity index (χ2n) is 9.27. The van der Waals surface area contributed by atoms with E-state index in [1.807, 2.05) is 36.6 Å².